The van der Waals surface area contributed by atoms with Crippen molar-refractivity contribution >= 4 is 17.5 Å². The Labute approximate surface area is 106 Å². The van der Waals surface area contributed by atoms with E-state index in [2.05, 4.69) is 0 Å². The van der Waals surface area contributed by atoms with Crippen molar-refractivity contribution in [3.05, 3.63) is 34.9 Å². The smallest absolute Gasteiger partial charge is 0.223 e. The molecule has 4 heteroatoms. The second kappa shape index (κ2) is 5.07. The molecule has 1 fully saturated rings. The van der Waals surface area contributed by atoms with E-state index in [1.807, 2.05) is 36.1 Å². The fourth-order valence-electron chi connectivity index (χ4n) is 2.23. The normalized spacial score (nSPS) is 21.9. The van der Waals surface area contributed by atoms with Crippen molar-refractivity contribution < 1.29 is 9.90 Å². The van der Waals surface area contributed by atoms with Crippen LogP contribution >= 0.6 is 11.6 Å². The average Bonchev–Trinajstić information content (AvgIpc) is 2.71. The van der Waals surface area contributed by atoms with Gasteiger partial charge in [0.05, 0.1) is 6.04 Å². The molecule has 1 heterocycles. The molecule has 1 aromatic carbocycles. The minimum atomic E-state index is 0.0383. The minimum absolute atomic E-state index is 0.0383. The van der Waals surface area contributed by atoms with E-state index in [1.165, 1.54) is 0 Å². The quantitative estimate of drug-likeness (QED) is 0.898. The van der Waals surface area contributed by atoms with Crippen molar-refractivity contribution in [2.75, 3.05) is 13.2 Å². The molecular weight excluding hydrogens is 238 g/mol. The summed E-state index contributed by atoms with van der Waals surface area (Å²) in [6.45, 7) is 2.72. The van der Waals surface area contributed by atoms with Crippen molar-refractivity contribution in [2.45, 2.75) is 19.4 Å². The van der Waals surface area contributed by atoms with E-state index < -0.39 is 0 Å². The number of aliphatic hydroxyl groups excluding tert-OH is 1. The molecule has 2 unspecified atom stereocenters. The number of nitrogens with zero attached hydrogens (tertiary/aromatic N) is 1. The maximum Gasteiger partial charge on any atom is 0.223 e. The zero-order chi connectivity index (χ0) is 12.4. The van der Waals surface area contributed by atoms with Crippen molar-refractivity contribution in [1.29, 1.82) is 0 Å². The molecule has 2 atom stereocenters. The molecule has 17 heavy (non-hydrogen) atoms. The van der Waals surface area contributed by atoms with Crippen LogP contribution in [0.3, 0.4) is 0 Å². The fraction of sp³-hybridized carbons (Fsp3) is 0.462. The Hall–Kier alpha value is -1.06. The Kier molecular flexibility index (Phi) is 3.69. The molecule has 3 nitrogen and oxygen atoms in total. The van der Waals surface area contributed by atoms with Crippen molar-refractivity contribution in [3.8, 4) is 0 Å². The van der Waals surface area contributed by atoms with Gasteiger partial charge in [-0.05, 0) is 24.6 Å². The van der Waals surface area contributed by atoms with E-state index in [1.54, 1.807) is 0 Å². The van der Waals surface area contributed by atoms with Gasteiger partial charge in [0.1, 0.15) is 0 Å². The number of carbonyl (C=O) groups excluding carboxylic acids is 1. The lowest BCUT2D eigenvalue weighted by molar-refractivity contribution is -0.129. The molecule has 1 saturated heterocycles. The third kappa shape index (κ3) is 2.61. The first kappa shape index (κ1) is 12.4. The van der Waals surface area contributed by atoms with Gasteiger partial charge in [0.15, 0.2) is 0 Å². The summed E-state index contributed by atoms with van der Waals surface area (Å²) in [6.07, 6.45) is 0.453. The standard InChI is InChI=1S/C13H16ClNO2/c1-9(11-2-4-12(14)5-3-11)15-7-10(8-16)6-13(15)17/h2-5,9-10,16H,6-8H2,1H3. The molecule has 0 radical (unpaired) electrons. The topological polar surface area (TPSA) is 40.5 Å². The van der Waals surface area contributed by atoms with Crippen molar-refractivity contribution in [3.63, 3.8) is 0 Å². The average molecular weight is 254 g/mol. The summed E-state index contributed by atoms with van der Waals surface area (Å²) in [5.74, 6) is 0.198. The number of benzene rings is 1. The highest BCUT2D eigenvalue weighted by Gasteiger charge is 2.32. The largest absolute Gasteiger partial charge is 0.396 e. The number of rotatable bonds is 3. The van der Waals surface area contributed by atoms with Gasteiger partial charge in [-0.3, -0.25) is 4.79 Å². The van der Waals surface area contributed by atoms with Crippen molar-refractivity contribution in [2.24, 2.45) is 5.92 Å². The van der Waals surface area contributed by atoms with Gasteiger partial charge in [0, 0.05) is 30.5 Å². The van der Waals surface area contributed by atoms with Crippen LogP contribution in [0.15, 0.2) is 24.3 Å². The Balaban J connectivity index is 2.12. The number of carbonyl (C=O) groups is 1. The maximum atomic E-state index is 11.8. The Morgan fingerprint density at radius 2 is 2.12 bits per heavy atom. The minimum Gasteiger partial charge on any atom is -0.396 e. The Morgan fingerprint density at radius 3 is 2.65 bits per heavy atom. The lowest BCUT2D eigenvalue weighted by Crippen LogP contribution is -2.28. The summed E-state index contributed by atoms with van der Waals surface area (Å²) in [5.41, 5.74) is 1.07. The van der Waals surface area contributed by atoms with Gasteiger partial charge in [-0.2, -0.15) is 0 Å². The van der Waals surface area contributed by atoms with E-state index >= 15 is 0 Å². The van der Waals surface area contributed by atoms with Gasteiger partial charge in [-0.25, -0.2) is 0 Å². The Bertz CT molecular complexity index is 404. The van der Waals surface area contributed by atoms with Crippen molar-refractivity contribution in [1.82, 2.24) is 4.90 Å². The van der Waals surface area contributed by atoms with Crippen LogP contribution in [0, 0.1) is 5.92 Å². The number of aliphatic hydroxyl groups is 1. The molecular formula is C13H16ClNO2. The molecule has 0 saturated carbocycles. The van der Waals surface area contributed by atoms with E-state index in [4.69, 9.17) is 16.7 Å². The molecule has 1 aliphatic rings. The second-order valence-corrected chi connectivity index (χ2v) is 4.96. The van der Waals surface area contributed by atoms with Gasteiger partial charge in [0.25, 0.3) is 0 Å². The number of hydrogen-bond donors (Lipinski definition) is 1. The van der Waals surface area contributed by atoms with Crippen LogP contribution in [0.5, 0.6) is 0 Å². The van der Waals surface area contributed by atoms with Gasteiger partial charge in [-0.15, -0.1) is 0 Å². The van der Waals surface area contributed by atoms with Crippen LogP contribution in [-0.2, 0) is 4.79 Å². The predicted molar refractivity (Wildman–Crippen MR) is 66.8 cm³/mol. The monoisotopic (exact) mass is 253 g/mol. The van der Waals surface area contributed by atoms with Crippen LogP contribution in [0.2, 0.25) is 5.02 Å². The van der Waals surface area contributed by atoms with Crippen LogP contribution in [-0.4, -0.2) is 29.1 Å². The van der Waals surface area contributed by atoms with E-state index in [9.17, 15) is 4.79 Å². The SMILES string of the molecule is CC(c1ccc(Cl)cc1)N1CC(CO)CC1=O. The fourth-order valence-corrected chi connectivity index (χ4v) is 2.35. The number of halogens is 1. The zero-order valence-electron chi connectivity index (χ0n) is 9.77. The van der Waals surface area contributed by atoms with Gasteiger partial charge in [0.2, 0.25) is 5.91 Å². The van der Waals surface area contributed by atoms with Gasteiger partial charge >= 0.3 is 0 Å². The summed E-state index contributed by atoms with van der Waals surface area (Å²) in [5, 5.41) is 9.79. The lowest BCUT2D eigenvalue weighted by atomic mass is 10.1. The highest BCUT2D eigenvalue weighted by molar-refractivity contribution is 6.30. The molecule has 1 amide bonds. The first-order valence-corrected chi connectivity index (χ1v) is 6.15. The molecule has 1 aromatic rings. The third-order valence-corrected chi connectivity index (χ3v) is 3.57. The first-order valence-electron chi connectivity index (χ1n) is 5.77. The van der Waals surface area contributed by atoms with Crippen LogP contribution in [0.4, 0.5) is 0 Å². The van der Waals surface area contributed by atoms with Gasteiger partial charge in [-0.1, -0.05) is 23.7 Å². The highest BCUT2D eigenvalue weighted by Crippen LogP contribution is 2.28. The summed E-state index contributed by atoms with van der Waals surface area (Å²) in [6, 6.07) is 7.57. The second-order valence-electron chi connectivity index (χ2n) is 4.53. The summed E-state index contributed by atoms with van der Waals surface area (Å²) in [7, 11) is 0. The van der Waals surface area contributed by atoms with Crippen LogP contribution in [0.1, 0.15) is 24.9 Å². The van der Waals surface area contributed by atoms with Gasteiger partial charge < -0.3 is 10.0 Å². The summed E-state index contributed by atoms with van der Waals surface area (Å²) in [4.78, 5) is 13.6. The number of amides is 1. The van der Waals surface area contributed by atoms with E-state index in [-0.39, 0.29) is 24.5 Å². The predicted octanol–water partition coefficient (Wildman–Crippen LogP) is 2.24. The molecule has 1 aliphatic heterocycles. The lowest BCUT2D eigenvalue weighted by Gasteiger charge is -2.25. The third-order valence-electron chi connectivity index (χ3n) is 3.32. The molecule has 0 spiro atoms. The molecule has 2 rings (SSSR count). The molecule has 0 bridgehead atoms. The first-order chi connectivity index (χ1) is 8.11. The molecule has 0 aromatic heterocycles. The van der Waals surface area contributed by atoms with E-state index in [0.29, 0.717) is 18.0 Å². The maximum absolute atomic E-state index is 11.8. The number of hydrogen-bond acceptors (Lipinski definition) is 2. The zero-order valence-corrected chi connectivity index (χ0v) is 10.5. The van der Waals surface area contributed by atoms with E-state index in [0.717, 1.165) is 5.56 Å². The summed E-state index contributed by atoms with van der Waals surface area (Å²) < 4.78 is 0. The molecule has 0 aliphatic carbocycles. The summed E-state index contributed by atoms with van der Waals surface area (Å²) >= 11 is 5.84. The van der Waals surface area contributed by atoms with Crippen LogP contribution in [0.25, 0.3) is 0 Å². The molecule has 92 valence electrons. The number of likely N-dealkylation sites (tertiary alicyclic amines) is 1. The molecule has 1 N–H and O–H groups in total. The van der Waals surface area contributed by atoms with Crippen LogP contribution < -0.4 is 0 Å². The Morgan fingerprint density at radius 1 is 1.47 bits per heavy atom. The highest BCUT2D eigenvalue weighted by atomic mass is 35.5.